The highest BCUT2D eigenvalue weighted by Crippen LogP contribution is 2.23. The number of benzene rings is 1. The van der Waals surface area contributed by atoms with Gasteiger partial charge in [0.25, 0.3) is 5.91 Å². The number of rotatable bonds is 3. The molecular weight excluding hydrogens is 268 g/mol. The second kappa shape index (κ2) is 7.11. The van der Waals surface area contributed by atoms with Gasteiger partial charge in [-0.3, -0.25) is 4.79 Å². The number of methoxy groups -OCH3 is 1. The average molecular weight is 288 g/mol. The fraction of sp³-hybridized carbons (Fsp3) is 0.438. The van der Waals surface area contributed by atoms with Gasteiger partial charge in [0.05, 0.1) is 31.9 Å². The van der Waals surface area contributed by atoms with Crippen molar-refractivity contribution in [1.29, 1.82) is 0 Å². The Kier molecular flexibility index (Phi) is 5.20. The molecule has 1 aliphatic heterocycles. The van der Waals surface area contributed by atoms with E-state index in [0.717, 1.165) is 12.8 Å². The average Bonchev–Trinajstić information content (AvgIpc) is 3.00. The number of carbonyl (C=O) groups is 1. The molecule has 1 aromatic carbocycles. The number of likely N-dealkylation sites (tertiary alicyclic amines) is 1. The van der Waals surface area contributed by atoms with Gasteiger partial charge < -0.3 is 20.5 Å². The standard InChI is InChI=1S/C16H20N2O3/c1-21-15-7-6-13(10-12(15)4-2-8-17)16(20)18-9-3-5-14(18)11-19/h6-7,10,14,19H,3,5,8-9,11,17H2,1H3. The normalized spacial score (nSPS) is 17.3. The molecule has 1 aliphatic rings. The van der Waals surface area contributed by atoms with E-state index < -0.39 is 0 Å². The number of amides is 1. The van der Waals surface area contributed by atoms with E-state index in [4.69, 9.17) is 10.5 Å². The maximum atomic E-state index is 12.5. The van der Waals surface area contributed by atoms with Crippen molar-refractivity contribution in [3.8, 4) is 17.6 Å². The largest absolute Gasteiger partial charge is 0.495 e. The third kappa shape index (κ3) is 3.35. The minimum atomic E-state index is -0.0850. The summed E-state index contributed by atoms with van der Waals surface area (Å²) in [6, 6.07) is 5.09. The van der Waals surface area contributed by atoms with Crippen molar-refractivity contribution in [2.45, 2.75) is 18.9 Å². The number of nitrogens with zero attached hydrogens (tertiary/aromatic N) is 1. The number of hydrogen-bond donors (Lipinski definition) is 2. The summed E-state index contributed by atoms with van der Waals surface area (Å²) in [6.07, 6.45) is 1.77. The van der Waals surface area contributed by atoms with E-state index in [1.807, 2.05) is 0 Å². The van der Waals surface area contributed by atoms with Crippen molar-refractivity contribution in [3.05, 3.63) is 29.3 Å². The number of nitrogens with two attached hydrogens (primary N) is 1. The van der Waals surface area contributed by atoms with Crippen LogP contribution >= 0.6 is 0 Å². The lowest BCUT2D eigenvalue weighted by molar-refractivity contribution is 0.0677. The topological polar surface area (TPSA) is 75.8 Å². The molecule has 1 unspecified atom stereocenters. The Balaban J connectivity index is 2.29. The van der Waals surface area contributed by atoms with Gasteiger partial charge in [-0.2, -0.15) is 0 Å². The Hall–Kier alpha value is -2.03. The van der Waals surface area contributed by atoms with E-state index >= 15 is 0 Å². The number of hydrogen-bond acceptors (Lipinski definition) is 4. The first kappa shape index (κ1) is 15.4. The van der Waals surface area contributed by atoms with E-state index in [1.165, 1.54) is 0 Å². The Morgan fingerprint density at radius 3 is 3.05 bits per heavy atom. The van der Waals surface area contributed by atoms with E-state index in [9.17, 15) is 9.90 Å². The molecule has 1 fully saturated rings. The molecule has 5 heteroatoms. The molecule has 1 saturated heterocycles. The molecule has 21 heavy (non-hydrogen) atoms. The zero-order valence-electron chi connectivity index (χ0n) is 12.1. The number of aliphatic hydroxyl groups excluding tert-OH is 1. The Bertz CT molecular complexity index is 575. The molecule has 5 nitrogen and oxygen atoms in total. The van der Waals surface area contributed by atoms with E-state index in [0.29, 0.717) is 23.4 Å². The predicted octanol–water partition coefficient (Wildman–Crippen LogP) is 0.602. The summed E-state index contributed by atoms with van der Waals surface area (Å²) in [6.45, 7) is 0.932. The summed E-state index contributed by atoms with van der Waals surface area (Å²) < 4.78 is 5.24. The second-order valence-corrected chi connectivity index (χ2v) is 4.90. The van der Waals surface area contributed by atoms with Gasteiger partial charge in [-0.25, -0.2) is 0 Å². The van der Waals surface area contributed by atoms with Gasteiger partial charge in [-0.15, -0.1) is 0 Å². The highest BCUT2D eigenvalue weighted by Gasteiger charge is 2.28. The lowest BCUT2D eigenvalue weighted by Crippen LogP contribution is -2.37. The molecule has 0 aromatic heterocycles. The van der Waals surface area contributed by atoms with Gasteiger partial charge in [0.15, 0.2) is 0 Å². The van der Waals surface area contributed by atoms with Gasteiger partial charge >= 0.3 is 0 Å². The molecule has 0 saturated carbocycles. The maximum Gasteiger partial charge on any atom is 0.254 e. The molecule has 0 spiro atoms. The fourth-order valence-electron chi connectivity index (χ4n) is 2.54. The van der Waals surface area contributed by atoms with Crippen LogP contribution in [0.25, 0.3) is 0 Å². The van der Waals surface area contributed by atoms with Crippen LogP contribution in [0.4, 0.5) is 0 Å². The Morgan fingerprint density at radius 1 is 1.57 bits per heavy atom. The van der Waals surface area contributed by atoms with Gasteiger partial charge in [-0.05, 0) is 31.0 Å². The minimum absolute atomic E-state index is 0.00172. The summed E-state index contributed by atoms with van der Waals surface area (Å²) in [5.41, 5.74) is 6.58. The Morgan fingerprint density at radius 2 is 2.38 bits per heavy atom. The summed E-state index contributed by atoms with van der Waals surface area (Å²) in [5.74, 6) is 6.22. The van der Waals surface area contributed by atoms with Crippen molar-refractivity contribution in [3.63, 3.8) is 0 Å². The monoisotopic (exact) mass is 288 g/mol. The number of aliphatic hydroxyl groups is 1. The maximum absolute atomic E-state index is 12.5. The van der Waals surface area contributed by atoms with Crippen LogP contribution < -0.4 is 10.5 Å². The van der Waals surface area contributed by atoms with Crippen molar-refractivity contribution >= 4 is 5.91 Å². The van der Waals surface area contributed by atoms with Crippen LogP contribution in [0.15, 0.2) is 18.2 Å². The quantitative estimate of drug-likeness (QED) is 0.799. The smallest absolute Gasteiger partial charge is 0.254 e. The molecule has 1 amide bonds. The molecule has 112 valence electrons. The van der Waals surface area contributed by atoms with Crippen molar-refractivity contribution in [2.24, 2.45) is 5.73 Å². The first-order chi connectivity index (χ1) is 10.2. The molecular formula is C16H20N2O3. The molecule has 0 bridgehead atoms. The van der Waals surface area contributed by atoms with Crippen LogP contribution in [0.5, 0.6) is 5.75 Å². The van der Waals surface area contributed by atoms with Crippen LogP contribution in [0, 0.1) is 11.8 Å². The first-order valence-electron chi connectivity index (χ1n) is 7.00. The van der Waals surface area contributed by atoms with Crippen LogP contribution in [-0.4, -0.2) is 48.8 Å². The molecule has 1 heterocycles. The van der Waals surface area contributed by atoms with E-state index in [-0.39, 0.29) is 25.1 Å². The summed E-state index contributed by atoms with van der Waals surface area (Å²) >= 11 is 0. The van der Waals surface area contributed by atoms with Crippen molar-refractivity contribution in [1.82, 2.24) is 4.90 Å². The molecule has 1 atom stereocenters. The zero-order chi connectivity index (χ0) is 15.2. The Labute approximate surface area is 124 Å². The van der Waals surface area contributed by atoms with Crippen LogP contribution in [0.3, 0.4) is 0 Å². The SMILES string of the molecule is COc1ccc(C(=O)N2CCCC2CO)cc1C#CCN. The molecule has 1 aromatic rings. The van der Waals surface area contributed by atoms with Crippen LogP contribution in [0.2, 0.25) is 0 Å². The third-order valence-corrected chi connectivity index (χ3v) is 3.62. The predicted molar refractivity (Wildman–Crippen MR) is 80.1 cm³/mol. The van der Waals surface area contributed by atoms with Crippen LogP contribution in [0.1, 0.15) is 28.8 Å². The molecule has 0 radical (unpaired) electrons. The minimum Gasteiger partial charge on any atom is -0.495 e. The number of carbonyl (C=O) groups excluding carboxylic acids is 1. The van der Waals surface area contributed by atoms with Gasteiger partial charge in [-0.1, -0.05) is 11.8 Å². The van der Waals surface area contributed by atoms with Crippen molar-refractivity contribution in [2.75, 3.05) is 26.8 Å². The van der Waals surface area contributed by atoms with Gasteiger partial charge in [0.2, 0.25) is 0 Å². The highest BCUT2D eigenvalue weighted by atomic mass is 16.5. The van der Waals surface area contributed by atoms with E-state index in [2.05, 4.69) is 11.8 Å². The molecule has 0 aliphatic carbocycles. The lowest BCUT2D eigenvalue weighted by atomic mass is 10.1. The van der Waals surface area contributed by atoms with Gasteiger partial charge in [0, 0.05) is 12.1 Å². The molecule has 3 N–H and O–H groups in total. The van der Waals surface area contributed by atoms with Gasteiger partial charge in [0.1, 0.15) is 5.75 Å². The second-order valence-electron chi connectivity index (χ2n) is 4.90. The third-order valence-electron chi connectivity index (χ3n) is 3.62. The summed E-state index contributed by atoms with van der Waals surface area (Å²) in [5, 5.41) is 9.34. The molecule has 2 rings (SSSR count). The van der Waals surface area contributed by atoms with E-state index in [1.54, 1.807) is 30.2 Å². The van der Waals surface area contributed by atoms with Crippen LogP contribution in [-0.2, 0) is 0 Å². The summed E-state index contributed by atoms with van der Waals surface area (Å²) in [7, 11) is 1.56. The summed E-state index contributed by atoms with van der Waals surface area (Å²) in [4.78, 5) is 14.3. The zero-order valence-corrected chi connectivity index (χ0v) is 12.1. The fourth-order valence-corrected chi connectivity index (χ4v) is 2.54. The lowest BCUT2D eigenvalue weighted by Gasteiger charge is -2.23. The first-order valence-corrected chi connectivity index (χ1v) is 7.00. The highest BCUT2D eigenvalue weighted by molar-refractivity contribution is 5.95. The van der Waals surface area contributed by atoms with Crippen molar-refractivity contribution < 1.29 is 14.6 Å². The number of ether oxygens (including phenoxy) is 1.